The Bertz CT molecular complexity index is 752. The maximum Gasteiger partial charge on any atom is 0.326 e. The maximum absolute atomic E-state index is 12.2. The van der Waals surface area contributed by atoms with Gasteiger partial charge in [-0.25, -0.2) is 4.79 Å². The van der Waals surface area contributed by atoms with Crippen LogP contribution in [0.25, 0.3) is 0 Å². The van der Waals surface area contributed by atoms with Gasteiger partial charge in [-0.2, -0.15) is 0 Å². The summed E-state index contributed by atoms with van der Waals surface area (Å²) in [6.45, 7) is 3.96. The van der Waals surface area contributed by atoms with Crippen LogP contribution in [0.15, 0.2) is 24.3 Å². The number of rotatable bonds is 11. The third-order valence-electron chi connectivity index (χ3n) is 4.38. The van der Waals surface area contributed by atoms with Gasteiger partial charge >= 0.3 is 6.03 Å². The molecule has 29 heavy (non-hydrogen) atoms. The minimum absolute atomic E-state index is 0.0749. The molecule has 1 aliphatic rings. The van der Waals surface area contributed by atoms with Gasteiger partial charge in [-0.05, 0) is 38.0 Å². The zero-order valence-corrected chi connectivity index (χ0v) is 16.9. The van der Waals surface area contributed by atoms with Crippen LogP contribution in [-0.2, 0) is 14.3 Å². The SMILES string of the molecule is CCOCCCNC(=O)c1cccc(NC(=O)CCCN2C(=O)CN(C)C2=O)c1. The van der Waals surface area contributed by atoms with Crippen molar-refractivity contribution in [2.75, 3.05) is 45.2 Å². The van der Waals surface area contributed by atoms with Crippen LogP contribution in [0.1, 0.15) is 36.5 Å². The molecule has 1 aromatic rings. The standard InChI is InChI=1S/C20H28N4O5/c1-3-29-12-6-10-21-19(27)15-7-4-8-16(13-15)22-17(25)9-5-11-24-18(26)14-23(2)20(24)28/h4,7-8,13H,3,5-6,9-12,14H2,1-2H3,(H,21,27)(H,22,25). The fourth-order valence-electron chi connectivity index (χ4n) is 2.87. The normalized spacial score (nSPS) is 13.7. The number of amides is 5. The van der Waals surface area contributed by atoms with E-state index in [1.54, 1.807) is 31.3 Å². The molecule has 158 valence electrons. The molecule has 0 atom stereocenters. The highest BCUT2D eigenvalue weighted by Gasteiger charge is 2.32. The van der Waals surface area contributed by atoms with E-state index in [-0.39, 0.29) is 43.3 Å². The summed E-state index contributed by atoms with van der Waals surface area (Å²) in [5.74, 6) is -0.711. The van der Waals surface area contributed by atoms with E-state index in [0.717, 1.165) is 11.3 Å². The van der Waals surface area contributed by atoms with E-state index >= 15 is 0 Å². The van der Waals surface area contributed by atoms with Gasteiger partial charge in [-0.15, -0.1) is 0 Å². The van der Waals surface area contributed by atoms with Gasteiger partial charge in [0.2, 0.25) is 11.8 Å². The molecule has 0 bridgehead atoms. The molecule has 1 heterocycles. The predicted octanol–water partition coefficient (Wildman–Crippen LogP) is 1.46. The fraction of sp³-hybridized carbons (Fsp3) is 0.500. The van der Waals surface area contributed by atoms with Crippen molar-refractivity contribution in [1.82, 2.24) is 15.1 Å². The molecule has 9 nitrogen and oxygen atoms in total. The van der Waals surface area contributed by atoms with Crippen LogP contribution in [-0.4, -0.2) is 73.4 Å². The van der Waals surface area contributed by atoms with Crippen LogP contribution in [0.4, 0.5) is 10.5 Å². The van der Waals surface area contributed by atoms with E-state index in [0.29, 0.717) is 37.4 Å². The second kappa shape index (κ2) is 11.2. The molecule has 5 amide bonds. The third kappa shape index (κ3) is 6.86. The van der Waals surface area contributed by atoms with E-state index in [9.17, 15) is 19.2 Å². The van der Waals surface area contributed by atoms with Crippen molar-refractivity contribution in [2.24, 2.45) is 0 Å². The molecule has 0 saturated carbocycles. The lowest BCUT2D eigenvalue weighted by Crippen LogP contribution is -2.32. The molecule has 9 heteroatoms. The van der Waals surface area contributed by atoms with E-state index in [4.69, 9.17) is 4.74 Å². The molecule has 0 unspecified atom stereocenters. The Balaban J connectivity index is 1.76. The van der Waals surface area contributed by atoms with Crippen molar-refractivity contribution in [2.45, 2.75) is 26.2 Å². The largest absolute Gasteiger partial charge is 0.382 e. The number of ether oxygens (including phenoxy) is 1. The van der Waals surface area contributed by atoms with Gasteiger partial charge in [-0.3, -0.25) is 19.3 Å². The van der Waals surface area contributed by atoms with Crippen molar-refractivity contribution < 1.29 is 23.9 Å². The van der Waals surface area contributed by atoms with Crippen LogP contribution in [0.2, 0.25) is 0 Å². The molecule has 1 saturated heterocycles. The Morgan fingerprint density at radius 1 is 1.21 bits per heavy atom. The molecular formula is C20H28N4O5. The van der Waals surface area contributed by atoms with Crippen LogP contribution < -0.4 is 10.6 Å². The topological polar surface area (TPSA) is 108 Å². The van der Waals surface area contributed by atoms with Gasteiger partial charge < -0.3 is 20.3 Å². The number of carbonyl (C=O) groups is 4. The van der Waals surface area contributed by atoms with Gasteiger partial charge in [-0.1, -0.05) is 6.07 Å². The number of hydrogen-bond donors (Lipinski definition) is 2. The van der Waals surface area contributed by atoms with Gasteiger partial charge in [0, 0.05) is 51.0 Å². The Kier molecular flexibility index (Phi) is 8.60. The molecule has 2 rings (SSSR count). The first-order chi connectivity index (χ1) is 13.9. The van der Waals surface area contributed by atoms with Gasteiger partial charge in [0.25, 0.3) is 5.91 Å². The summed E-state index contributed by atoms with van der Waals surface area (Å²) in [4.78, 5) is 50.3. The van der Waals surface area contributed by atoms with Crippen LogP contribution >= 0.6 is 0 Å². The summed E-state index contributed by atoms with van der Waals surface area (Å²) in [6.07, 6.45) is 1.26. The second-order valence-corrected chi connectivity index (χ2v) is 6.72. The molecule has 1 fully saturated rings. The first-order valence-electron chi connectivity index (χ1n) is 9.73. The van der Waals surface area contributed by atoms with E-state index < -0.39 is 0 Å². The number of likely N-dealkylation sites (N-methyl/N-ethyl adjacent to an activating group) is 1. The van der Waals surface area contributed by atoms with Crippen molar-refractivity contribution in [1.29, 1.82) is 0 Å². The lowest BCUT2D eigenvalue weighted by atomic mass is 10.1. The summed E-state index contributed by atoms with van der Waals surface area (Å²) in [5.41, 5.74) is 0.973. The first kappa shape index (κ1) is 22.4. The number of urea groups is 1. The summed E-state index contributed by atoms with van der Waals surface area (Å²) >= 11 is 0. The van der Waals surface area contributed by atoms with E-state index in [2.05, 4.69) is 10.6 Å². The molecule has 0 spiro atoms. The fourth-order valence-corrected chi connectivity index (χ4v) is 2.87. The highest BCUT2D eigenvalue weighted by Crippen LogP contribution is 2.13. The molecule has 0 radical (unpaired) electrons. The highest BCUT2D eigenvalue weighted by molar-refractivity contribution is 6.02. The number of nitrogens with zero attached hydrogens (tertiary/aromatic N) is 2. The van der Waals surface area contributed by atoms with Crippen molar-refractivity contribution in [3.8, 4) is 0 Å². The van der Waals surface area contributed by atoms with Crippen LogP contribution in [0.3, 0.4) is 0 Å². The summed E-state index contributed by atoms with van der Waals surface area (Å²) in [7, 11) is 1.56. The lowest BCUT2D eigenvalue weighted by molar-refractivity contribution is -0.125. The molecule has 0 aromatic heterocycles. The summed E-state index contributed by atoms with van der Waals surface area (Å²) in [6, 6.07) is 6.34. The molecule has 2 N–H and O–H groups in total. The molecular weight excluding hydrogens is 376 g/mol. The Labute approximate surface area is 170 Å². The zero-order chi connectivity index (χ0) is 21.2. The van der Waals surface area contributed by atoms with Gasteiger partial charge in [0.05, 0.1) is 0 Å². The minimum Gasteiger partial charge on any atom is -0.382 e. The summed E-state index contributed by atoms with van der Waals surface area (Å²) in [5, 5.41) is 5.55. The number of imide groups is 1. The monoisotopic (exact) mass is 404 g/mol. The quantitative estimate of drug-likeness (QED) is 0.429. The minimum atomic E-state index is -0.338. The van der Waals surface area contributed by atoms with Crippen LogP contribution in [0.5, 0.6) is 0 Å². The maximum atomic E-state index is 12.2. The lowest BCUT2D eigenvalue weighted by Gasteiger charge is -2.13. The van der Waals surface area contributed by atoms with Crippen molar-refractivity contribution in [3.63, 3.8) is 0 Å². The van der Waals surface area contributed by atoms with Gasteiger partial charge in [0.1, 0.15) is 6.54 Å². The Hall–Kier alpha value is -2.94. The van der Waals surface area contributed by atoms with Gasteiger partial charge in [0.15, 0.2) is 0 Å². The number of carbonyl (C=O) groups excluding carboxylic acids is 4. The molecule has 1 aromatic carbocycles. The number of anilines is 1. The Morgan fingerprint density at radius 3 is 2.69 bits per heavy atom. The Morgan fingerprint density at radius 2 is 2.00 bits per heavy atom. The highest BCUT2D eigenvalue weighted by atomic mass is 16.5. The van der Waals surface area contributed by atoms with Crippen LogP contribution in [0, 0.1) is 0 Å². The van der Waals surface area contributed by atoms with E-state index in [1.165, 1.54) is 4.90 Å². The predicted molar refractivity (Wildman–Crippen MR) is 107 cm³/mol. The number of nitrogens with one attached hydrogen (secondary N) is 2. The number of hydrogen-bond acceptors (Lipinski definition) is 5. The van der Waals surface area contributed by atoms with E-state index in [1.807, 2.05) is 6.92 Å². The smallest absolute Gasteiger partial charge is 0.326 e. The molecule has 1 aliphatic heterocycles. The van der Waals surface area contributed by atoms with Crippen molar-refractivity contribution in [3.05, 3.63) is 29.8 Å². The molecule has 0 aliphatic carbocycles. The summed E-state index contributed by atoms with van der Waals surface area (Å²) < 4.78 is 5.22. The second-order valence-electron chi connectivity index (χ2n) is 6.72. The number of benzene rings is 1. The first-order valence-corrected chi connectivity index (χ1v) is 9.73. The van der Waals surface area contributed by atoms with Crippen molar-refractivity contribution >= 4 is 29.4 Å². The third-order valence-corrected chi connectivity index (χ3v) is 4.38. The average molecular weight is 404 g/mol. The average Bonchev–Trinajstić information content (AvgIpc) is 2.93. The zero-order valence-electron chi connectivity index (χ0n) is 16.9.